The van der Waals surface area contributed by atoms with Gasteiger partial charge in [0, 0.05) is 5.75 Å². The summed E-state index contributed by atoms with van der Waals surface area (Å²) in [7, 11) is 0. The van der Waals surface area contributed by atoms with Gasteiger partial charge >= 0.3 is 0 Å². The lowest BCUT2D eigenvalue weighted by molar-refractivity contribution is 0.149. The molecule has 0 aromatic heterocycles. The molecule has 0 N–H and O–H groups in total. The first-order valence-electron chi connectivity index (χ1n) is 2.30. The van der Waals surface area contributed by atoms with Gasteiger partial charge in [-0.25, -0.2) is 0 Å². The predicted molar refractivity (Wildman–Crippen MR) is 37.7 cm³/mol. The Labute approximate surface area is 62.7 Å². The van der Waals surface area contributed by atoms with E-state index in [0.29, 0.717) is 6.61 Å². The van der Waals surface area contributed by atoms with Gasteiger partial charge in [0.25, 0.3) is 0 Å². The largest absolute Gasteiger partial charge is 0.377 e. The van der Waals surface area contributed by atoms with Crippen LogP contribution in [-0.4, -0.2) is 22.6 Å². The van der Waals surface area contributed by atoms with Crippen LogP contribution in [0, 0.1) is 0 Å². The van der Waals surface area contributed by atoms with E-state index in [1.54, 1.807) is 0 Å². The molecule has 0 aliphatic carbocycles. The maximum absolute atomic E-state index is 5.68. The van der Waals surface area contributed by atoms with Crippen LogP contribution < -0.4 is 0 Å². The topological polar surface area (TPSA) is 9.23 Å². The van der Waals surface area contributed by atoms with Crippen molar-refractivity contribution in [3.05, 3.63) is 0 Å². The van der Waals surface area contributed by atoms with Crippen LogP contribution in [0.5, 0.6) is 0 Å². The molecule has 0 bridgehead atoms. The van der Waals surface area contributed by atoms with Crippen LogP contribution in [0.4, 0.5) is 0 Å². The van der Waals surface area contributed by atoms with Crippen LogP contribution in [0.15, 0.2) is 0 Å². The van der Waals surface area contributed by atoms with Crippen molar-refractivity contribution >= 4 is 35.0 Å². The molecule has 0 amide bonds. The van der Waals surface area contributed by atoms with E-state index < -0.39 is 3.67 Å². The van der Waals surface area contributed by atoms with Gasteiger partial charge in [-0.1, -0.05) is 23.2 Å². The molecular weight excluding hydrogens is 167 g/mol. The van der Waals surface area contributed by atoms with Crippen molar-refractivity contribution in [3.8, 4) is 0 Å². The molecule has 1 saturated heterocycles. The molecule has 0 radical (unpaired) electrons. The number of alkyl halides is 2. The molecule has 1 nitrogen and oxygen atoms in total. The molecule has 0 spiro atoms. The number of halogens is 2. The first-order valence-corrected chi connectivity index (χ1v) is 4.04. The Morgan fingerprint density at radius 3 is 2.50 bits per heavy atom. The lowest BCUT2D eigenvalue weighted by atomic mass is 10.7. The van der Waals surface area contributed by atoms with Gasteiger partial charge in [0.2, 0.25) is 0 Å². The van der Waals surface area contributed by atoms with Gasteiger partial charge in [-0.15, -0.1) is 11.8 Å². The molecule has 1 aliphatic rings. The average Bonchev–Trinajstić information content (AvgIpc) is 1.65. The van der Waals surface area contributed by atoms with Crippen molar-refractivity contribution in [1.29, 1.82) is 0 Å². The zero-order chi connectivity index (χ0) is 6.04. The fraction of sp³-hybridized carbons (Fsp3) is 1.00. The third-order valence-electron chi connectivity index (χ3n) is 0.811. The van der Waals surface area contributed by atoms with Gasteiger partial charge in [0.15, 0.2) is 3.67 Å². The first kappa shape index (κ1) is 7.00. The summed E-state index contributed by atoms with van der Waals surface area (Å²) in [6.45, 7) is 1.21. The molecule has 8 heavy (non-hydrogen) atoms. The van der Waals surface area contributed by atoms with Gasteiger partial charge < -0.3 is 4.74 Å². The summed E-state index contributed by atoms with van der Waals surface area (Å²) >= 11 is 12.9. The fourth-order valence-corrected chi connectivity index (χ4v) is 1.77. The van der Waals surface area contributed by atoms with Crippen LogP contribution in [-0.2, 0) is 4.74 Å². The third kappa shape index (κ3) is 2.02. The highest BCUT2D eigenvalue weighted by Gasteiger charge is 2.27. The molecule has 1 heterocycles. The Balaban J connectivity index is 2.33. The monoisotopic (exact) mass is 172 g/mol. The maximum Gasteiger partial charge on any atom is 0.186 e. The van der Waals surface area contributed by atoms with Crippen LogP contribution in [0.25, 0.3) is 0 Å². The third-order valence-corrected chi connectivity index (χ3v) is 2.59. The number of thioether (sulfide) groups is 1. The molecule has 48 valence electrons. The number of ether oxygens (including phenoxy) is 1. The predicted octanol–water partition coefficient (Wildman–Crippen LogP) is 1.88. The summed E-state index contributed by atoms with van der Waals surface area (Å²) in [5.74, 6) is 0.896. The van der Waals surface area contributed by atoms with Gasteiger partial charge in [0.05, 0.1) is 13.2 Å². The molecule has 0 saturated carbocycles. The van der Waals surface area contributed by atoms with E-state index in [1.165, 1.54) is 11.8 Å². The van der Waals surface area contributed by atoms with E-state index in [-0.39, 0.29) is 0 Å². The van der Waals surface area contributed by atoms with Crippen LogP contribution in [0.1, 0.15) is 0 Å². The fourth-order valence-electron chi connectivity index (χ4n) is 0.483. The van der Waals surface area contributed by atoms with E-state index in [9.17, 15) is 0 Å². The van der Waals surface area contributed by atoms with E-state index in [0.717, 1.165) is 12.4 Å². The average molecular weight is 173 g/mol. The van der Waals surface area contributed by atoms with Crippen molar-refractivity contribution in [2.75, 3.05) is 19.0 Å². The summed E-state index contributed by atoms with van der Waals surface area (Å²) in [6, 6.07) is 0. The Bertz CT molecular complexity index is 78.1. The van der Waals surface area contributed by atoms with Crippen molar-refractivity contribution < 1.29 is 4.74 Å². The lowest BCUT2D eigenvalue weighted by Crippen LogP contribution is -2.24. The van der Waals surface area contributed by atoms with E-state index in [4.69, 9.17) is 27.9 Å². The van der Waals surface area contributed by atoms with Crippen molar-refractivity contribution in [2.24, 2.45) is 0 Å². The van der Waals surface area contributed by atoms with Crippen LogP contribution in [0.2, 0.25) is 0 Å². The second-order valence-corrected chi connectivity index (χ2v) is 4.86. The molecule has 0 unspecified atom stereocenters. The standard InChI is InChI=1S/C4H6Cl2OS/c5-4(6)3-7-1-2-8-4/h1-3H2. The molecule has 1 aliphatic heterocycles. The molecular formula is C4H6Cl2OS. The number of rotatable bonds is 0. The minimum Gasteiger partial charge on any atom is -0.377 e. The van der Waals surface area contributed by atoms with Crippen molar-refractivity contribution in [3.63, 3.8) is 0 Å². The van der Waals surface area contributed by atoms with Gasteiger partial charge in [-0.2, -0.15) is 0 Å². The summed E-state index contributed by atoms with van der Waals surface area (Å²) in [5.41, 5.74) is 0. The molecule has 1 rings (SSSR count). The highest BCUT2D eigenvalue weighted by molar-refractivity contribution is 8.03. The Hall–Kier alpha value is 0.890. The van der Waals surface area contributed by atoms with Gasteiger partial charge in [-0.3, -0.25) is 0 Å². The smallest absolute Gasteiger partial charge is 0.186 e. The molecule has 1 fully saturated rings. The maximum atomic E-state index is 5.68. The van der Waals surface area contributed by atoms with E-state index in [1.807, 2.05) is 0 Å². The van der Waals surface area contributed by atoms with Crippen LogP contribution in [0.3, 0.4) is 0 Å². The summed E-state index contributed by atoms with van der Waals surface area (Å²) in [6.07, 6.45) is 0. The number of hydrogen-bond donors (Lipinski definition) is 0. The van der Waals surface area contributed by atoms with E-state index >= 15 is 0 Å². The zero-order valence-electron chi connectivity index (χ0n) is 4.19. The van der Waals surface area contributed by atoms with Crippen molar-refractivity contribution in [2.45, 2.75) is 3.67 Å². The number of hydrogen-bond acceptors (Lipinski definition) is 2. The van der Waals surface area contributed by atoms with Gasteiger partial charge in [-0.05, 0) is 0 Å². The van der Waals surface area contributed by atoms with E-state index in [2.05, 4.69) is 0 Å². The lowest BCUT2D eigenvalue weighted by Gasteiger charge is -2.23. The summed E-state index contributed by atoms with van der Waals surface area (Å²) in [5, 5.41) is 0. The van der Waals surface area contributed by atoms with Gasteiger partial charge in [0.1, 0.15) is 0 Å². The molecule has 4 heteroatoms. The zero-order valence-corrected chi connectivity index (χ0v) is 6.52. The first-order chi connectivity index (χ1) is 3.71. The molecule has 0 aromatic carbocycles. The minimum atomic E-state index is -0.682. The minimum absolute atomic E-state index is 0.445. The Morgan fingerprint density at radius 1 is 1.50 bits per heavy atom. The quantitative estimate of drug-likeness (QED) is 0.517. The normalized spacial score (nSPS) is 27.8. The Kier molecular flexibility index (Phi) is 2.32. The second kappa shape index (κ2) is 2.65. The Morgan fingerprint density at radius 2 is 2.25 bits per heavy atom. The SMILES string of the molecule is ClC1(Cl)COCCS1. The van der Waals surface area contributed by atoms with Crippen LogP contribution >= 0.6 is 35.0 Å². The summed E-state index contributed by atoms with van der Waals surface area (Å²) in [4.78, 5) is 0. The van der Waals surface area contributed by atoms with Crippen molar-refractivity contribution in [1.82, 2.24) is 0 Å². The highest BCUT2D eigenvalue weighted by atomic mass is 35.5. The highest BCUT2D eigenvalue weighted by Crippen LogP contribution is 2.37. The molecule has 0 atom stereocenters. The second-order valence-electron chi connectivity index (χ2n) is 1.54. The molecule has 0 aromatic rings. The summed E-state index contributed by atoms with van der Waals surface area (Å²) < 4.78 is 4.32.